The van der Waals surface area contributed by atoms with Crippen LogP contribution in [0.15, 0.2) is 22.7 Å². The van der Waals surface area contributed by atoms with Crippen molar-refractivity contribution in [3.05, 3.63) is 28.2 Å². The average molecular weight is 315 g/mol. The molecule has 0 unspecified atom stereocenters. The van der Waals surface area contributed by atoms with E-state index in [4.69, 9.17) is 20.6 Å². The summed E-state index contributed by atoms with van der Waals surface area (Å²) < 4.78 is 12.0. The highest BCUT2D eigenvalue weighted by molar-refractivity contribution is 9.10. The first kappa shape index (κ1) is 15.0. The Hall–Kier alpha value is -1.07. The van der Waals surface area contributed by atoms with Gasteiger partial charge in [0.25, 0.3) is 0 Å². The van der Waals surface area contributed by atoms with Gasteiger partial charge in [-0.1, -0.05) is 15.9 Å². The summed E-state index contributed by atoms with van der Waals surface area (Å²) in [6, 6.07) is 5.41. The lowest BCUT2D eigenvalue weighted by molar-refractivity contribution is -0.0163. The highest BCUT2D eigenvalue weighted by Crippen LogP contribution is 2.22. The van der Waals surface area contributed by atoms with E-state index in [0.717, 1.165) is 4.47 Å². The summed E-state index contributed by atoms with van der Waals surface area (Å²) in [5, 5.41) is 7.50. The van der Waals surface area contributed by atoms with Gasteiger partial charge in [0.2, 0.25) is 0 Å². The molecule has 5 heteroatoms. The van der Waals surface area contributed by atoms with Crippen LogP contribution in [0.4, 0.5) is 0 Å². The third-order valence-electron chi connectivity index (χ3n) is 2.11. The number of benzene rings is 1. The monoisotopic (exact) mass is 314 g/mol. The summed E-state index contributed by atoms with van der Waals surface area (Å²) in [5.41, 5.74) is 5.92. The Morgan fingerprint density at radius 2 is 2.00 bits per heavy atom. The van der Waals surface area contributed by atoms with E-state index in [2.05, 4.69) is 15.9 Å². The maximum Gasteiger partial charge on any atom is 0.130 e. The molecule has 3 N–H and O–H groups in total. The predicted molar refractivity (Wildman–Crippen MR) is 76.4 cm³/mol. The molecule has 18 heavy (non-hydrogen) atoms. The minimum absolute atomic E-state index is 0.0111. The van der Waals surface area contributed by atoms with Gasteiger partial charge in [-0.3, -0.25) is 5.41 Å². The van der Waals surface area contributed by atoms with E-state index < -0.39 is 0 Å². The lowest BCUT2D eigenvalue weighted by Crippen LogP contribution is -2.23. The maximum absolute atomic E-state index is 7.50. The van der Waals surface area contributed by atoms with Crippen LogP contribution < -0.4 is 10.5 Å². The van der Waals surface area contributed by atoms with E-state index in [1.54, 1.807) is 12.1 Å². The Balaban J connectivity index is 2.59. The molecule has 0 bridgehead atoms. The molecule has 0 aliphatic carbocycles. The number of hydrogen-bond donors (Lipinski definition) is 2. The lowest BCUT2D eigenvalue weighted by atomic mass is 10.2. The average Bonchev–Trinajstić information content (AvgIpc) is 2.24. The first-order valence-electron chi connectivity index (χ1n) is 5.70. The number of hydrogen-bond acceptors (Lipinski definition) is 3. The molecule has 0 radical (unpaired) electrons. The number of nitrogen functional groups attached to an aromatic ring is 1. The Bertz CT molecular complexity index is 427. The van der Waals surface area contributed by atoms with E-state index >= 15 is 0 Å². The molecule has 0 spiro atoms. The van der Waals surface area contributed by atoms with Gasteiger partial charge in [0.05, 0.1) is 17.8 Å². The molecule has 0 saturated carbocycles. The fourth-order valence-corrected chi connectivity index (χ4v) is 1.70. The van der Waals surface area contributed by atoms with Crippen LogP contribution in [0.1, 0.15) is 26.3 Å². The normalized spacial score (nSPS) is 11.3. The van der Waals surface area contributed by atoms with Gasteiger partial charge in [0.15, 0.2) is 0 Å². The zero-order chi connectivity index (χ0) is 13.8. The summed E-state index contributed by atoms with van der Waals surface area (Å²) in [7, 11) is 0. The minimum Gasteiger partial charge on any atom is -0.490 e. The first-order chi connectivity index (χ1) is 8.29. The lowest BCUT2D eigenvalue weighted by Gasteiger charge is -2.20. The molecular formula is C13H19BrN2O2. The summed E-state index contributed by atoms with van der Waals surface area (Å²) in [6.07, 6.45) is 0. The summed E-state index contributed by atoms with van der Waals surface area (Å²) in [5.74, 6) is 0.589. The fraction of sp³-hybridized carbons (Fsp3) is 0.462. The SMILES string of the molecule is CC(C)(C)OCCOc1ccc(Br)cc1C(=N)N. The Kier molecular flexibility index (Phi) is 5.16. The van der Waals surface area contributed by atoms with Crippen LogP contribution in [0.25, 0.3) is 0 Å². The van der Waals surface area contributed by atoms with Crippen molar-refractivity contribution in [2.24, 2.45) is 5.73 Å². The van der Waals surface area contributed by atoms with Crippen LogP contribution >= 0.6 is 15.9 Å². The van der Waals surface area contributed by atoms with Gasteiger partial charge in [-0.05, 0) is 39.0 Å². The van der Waals surface area contributed by atoms with Gasteiger partial charge in [0, 0.05) is 4.47 Å². The van der Waals surface area contributed by atoms with E-state index in [0.29, 0.717) is 24.5 Å². The standard InChI is InChI=1S/C13H19BrN2O2/c1-13(2,3)18-7-6-17-11-5-4-9(14)8-10(11)12(15)16/h4-5,8H,6-7H2,1-3H3,(H3,15,16). The van der Waals surface area contributed by atoms with Crippen LogP contribution in [0.2, 0.25) is 0 Å². The zero-order valence-electron chi connectivity index (χ0n) is 10.9. The van der Waals surface area contributed by atoms with Gasteiger partial charge in [-0.2, -0.15) is 0 Å². The number of ether oxygens (including phenoxy) is 2. The van der Waals surface area contributed by atoms with Crippen molar-refractivity contribution in [1.82, 2.24) is 0 Å². The molecule has 100 valence electrons. The molecule has 1 rings (SSSR count). The van der Waals surface area contributed by atoms with Crippen molar-refractivity contribution in [3.8, 4) is 5.75 Å². The fourth-order valence-electron chi connectivity index (χ4n) is 1.34. The van der Waals surface area contributed by atoms with Crippen molar-refractivity contribution in [1.29, 1.82) is 5.41 Å². The summed E-state index contributed by atoms with van der Waals surface area (Å²) in [4.78, 5) is 0. The molecule has 4 nitrogen and oxygen atoms in total. The molecule has 1 aromatic carbocycles. The smallest absolute Gasteiger partial charge is 0.130 e. The van der Waals surface area contributed by atoms with E-state index in [1.807, 2.05) is 26.8 Å². The molecular weight excluding hydrogens is 296 g/mol. The molecule has 0 aromatic heterocycles. The van der Waals surface area contributed by atoms with Gasteiger partial charge >= 0.3 is 0 Å². The van der Waals surface area contributed by atoms with Gasteiger partial charge in [0.1, 0.15) is 18.2 Å². The van der Waals surface area contributed by atoms with Crippen LogP contribution in [-0.4, -0.2) is 24.7 Å². The number of amidine groups is 1. The summed E-state index contributed by atoms with van der Waals surface area (Å²) >= 11 is 3.34. The largest absolute Gasteiger partial charge is 0.490 e. The Morgan fingerprint density at radius 3 is 2.56 bits per heavy atom. The van der Waals surface area contributed by atoms with Crippen molar-refractivity contribution in [3.63, 3.8) is 0 Å². The number of rotatable bonds is 5. The van der Waals surface area contributed by atoms with Crippen molar-refractivity contribution in [2.45, 2.75) is 26.4 Å². The third kappa shape index (κ3) is 5.06. The Morgan fingerprint density at radius 1 is 1.33 bits per heavy atom. The molecule has 0 aliphatic heterocycles. The number of nitrogens with one attached hydrogen (secondary N) is 1. The Labute approximate surface area is 116 Å². The van der Waals surface area contributed by atoms with Crippen LogP contribution in [-0.2, 0) is 4.74 Å². The molecule has 0 aliphatic rings. The maximum atomic E-state index is 7.50. The molecule has 0 heterocycles. The molecule has 0 amide bonds. The topological polar surface area (TPSA) is 68.3 Å². The third-order valence-corrected chi connectivity index (χ3v) is 2.60. The van der Waals surface area contributed by atoms with Crippen LogP contribution in [0, 0.1) is 5.41 Å². The zero-order valence-corrected chi connectivity index (χ0v) is 12.5. The van der Waals surface area contributed by atoms with Crippen LogP contribution in [0.3, 0.4) is 0 Å². The van der Waals surface area contributed by atoms with Gasteiger partial charge < -0.3 is 15.2 Å². The highest BCUT2D eigenvalue weighted by Gasteiger charge is 2.11. The van der Waals surface area contributed by atoms with E-state index in [1.165, 1.54) is 0 Å². The van der Waals surface area contributed by atoms with E-state index in [9.17, 15) is 0 Å². The van der Waals surface area contributed by atoms with Crippen LogP contribution in [0.5, 0.6) is 5.75 Å². The number of halogens is 1. The summed E-state index contributed by atoms with van der Waals surface area (Å²) in [6.45, 7) is 6.91. The quantitative estimate of drug-likeness (QED) is 0.499. The molecule has 0 atom stereocenters. The second kappa shape index (κ2) is 6.20. The van der Waals surface area contributed by atoms with Crippen molar-refractivity contribution >= 4 is 21.8 Å². The van der Waals surface area contributed by atoms with Crippen molar-refractivity contribution < 1.29 is 9.47 Å². The van der Waals surface area contributed by atoms with Gasteiger partial charge in [-0.25, -0.2) is 0 Å². The number of nitrogens with two attached hydrogens (primary N) is 1. The minimum atomic E-state index is -0.174. The second-order valence-electron chi connectivity index (χ2n) is 4.86. The van der Waals surface area contributed by atoms with E-state index in [-0.39, 0.29) is 11.4 Å². The first-order valence-corrected chi connectivity index (χ1v) is 6.49. The van der Waals surface area contributed by atoms with Crippen molar-refractivity contribution in [2.75, 3.05) is 13.2 Å². The molecule has 1 aromatic rings. The van der Waals surface area contributed by atoms with Gasteiger partial charge in [-0.15, -0.1) is 0 Å². The molecule has 0 fully saturated rings. The molecule has 0 saturated heterocycles. The second-order valence-corrected chi connectivity index (χ2v) is 5.78. The highest BCUT2D eigenvalue weighted by atomic mass is 79.9. The predicted octanol–water partition coefficient (Wildman–Crippen LogP) is 2.93.